The molecule has 2 aliphatic rings. The number of β-lactam (4-membered cyclic amide) rings is 1. The van der Waals surface area contributed by atoms with Crippen molar-refractivity contribution in [2.45, 2.75) is 55.4 Å². The summed E-state index contributed by atoms with van der Waals surface area (Å²) in [6.07, 6.45) is -0.386. The van der Waals surface area contributed by atoms with Crippen LogP contribution in [-0.4, -0.2) is 57.4 Å². The van der Waals surface area contributed by atoms with Gasteiger partial charge in [-0.05, 0) is 65.1 Å². The number of carbonyl (C=O) groups excluding carboxylic acids is 3. The first-order valence-corrected chi connectivity index (χ1v) is 20.8. The van der Waals surface area contributed by atoms with Crippen LogP contribution >= 0.6 is 11.8 Å². The molecule has 0 bridgehead atoms. The average molecular weight is 819 g/mol. The number of rotatable bonds is 16. The molecule has 304 valence electrons. The van der Waals surface area contributed by atoms with Gasteiger partial charge in [-0.1, -0.05) is 133 Å². The number of thioether (sulfide) groups is 1. The zero-order valence-corrected chi connectivity index (χ0v) is 34.3. The number of esters is 1. The third kappa shape index (κ3) is 9.04. The van der Waals surface area contributed by atoms with Crippen molar-refractivity contribution < 1.29 is 33.3 Å². The number of methoxy groups -OCH3 is 1. The third-order valence-electron chi connectivity index (χ3n) is 10.9. The summed E-state index contributed by atoms with van der Waals surface area (Å²) in [6.45, 7) is 2.90. The van der Waals surface area contributed by atoms with E-state index in [-0.39, 0.29) is 36.9 Å². The second kappa shape index (κ2) is 18.2. The van der Waals surface area contributed by atoms with Gasteiger partial charge in [0.05, 0.1) is 23.7 Å². The van der Waals surface area contributed by atoms with Crippen LogP contribution in [0.5, 0.6) is 17.2 Å². The summed E-state index contributed by atoms with van der Waals surface area (Å²) in [5.41, 5.74) is 4.84. The van der Waals surface area contributed by atoms with Crippen LogP contribution < -0.4 is 14.2 Å². The van der Waals surface area contributed by atoms with E-state index in [4.69, 9.17) is 18.9 Å². The number of fused-ring (bicyclic) bond motifs is 1. The summed E-state index contributed by atoms with van der Waals surface area (Å²) in [6, 6.07) is 50.7. The van der Waals surface area contributed by atoms with Crippen LogP contribution in [0.3, 0.4) is 0 Å². The number of benzene rings is 6. The van der Waals surface area contributed by atoms with Crippen molar-refractivity contribution in [3.63, 3.8) is 0 Å². The highest BCUT2D eigenvalue weighted by Crippen LogP contribution is 2.52. The Hall–Kier alpha value is -6.52. The molecule has 6 aromatic carbocycles. The first kappa shape index (κ1) is 40.3. The summed E-state index contributed by atoms with van der Waals surface area (Å²) < 4.78 is 23.6. The number of hydrogen-bond donors (Lipinski definition) is 0. The average Bonchev–Trinajstić information content (AvgIpc) is 3.53. The summed E-state index contributed by atoms with van der Waals surface area (Å²) in [7, 11) is 1.61. The Bertz CT molecular complexity index is 2360. The minimum absolute atomic E-state index is 0.117. The Morgan fingerprint density at radius 2 is 1.27 bits per heavy atom. The number of amides is 2. The van der Waals surface area contributed by atoms with E-state index in [1.54, 1.807) is 46.9 Å². The van der Waals surface area contributed by atoms with Crippen LogP contribution in [0, 0.1) is 0 Å². The zero-order chi connectivity index (χ0) is 41.5. The lowest BCUT2D eigenvalue weighted by atomic mass is 9.94. The van der Waals surface area contributed by atoms with Gasteiger partial charge < -0.3 is 28.7 Å². The minimum atomic E-state index is -0.951. The number of nitrogens with zero attached hydrogens (tertiary/aromatic N) is 2. The van der Waals surface area contributed by atoms with Gasteiger partial charge >= 0.3 is 5.97 Å². The maximum Gasteiger partial charge on any atom is 0.331 e. The molecule has 8 rings (SSSR count). The highest BCUT2D eigenvalue weighted by molar-refractivity contribution is 8.01. The first-order chi connectivity index (χ1) is 29.3. The number of carbonyl (C=O) groups is 3. The normalized spacial score (nSPS) is 18.0. The molecule has 9 nitrogen and oxygen atoms in total. The van der Waals surface area contributed by atoms with Crippen molar-refractivity contribution >= 4 is 29.5 Å². The Balaban J connectivity index is 1.12. The lowest BCUT2D eigenvalue weighted by Crippen LogP contribution is -2.60. The highest BCUT2D eigenvalue weighted by Gasteiger charge is 2.62. The third-order valence-corrected chi connectivity index (χ3v) is 12.4. The molecular weight excluding hydrogens is 773 g/mol. The second-order valence-corrected chi connectivity index (χ2v) is 16.9. The molecule has 60 heavy (non-hydrogen) atoms. The molecule has 3 unspecified atom stereocenters. The van der Waals surface area contributed by atoms with Crippen LogP contribution in [0.1, 0.15) is 57.6 Å². The fourth-order valence-electron chi connectivity index (χ4n) is 7.79. The van der Waals surface area contributed by atoms with Gasteiger partial charge in [-0.25, -0.2) is 4.79 Å². The molecular formula is C50H46N2O7S. The Morgan fingerprint density at radius 3 is 1.82 bits per heavy atom. The first-order valence-electron chi connectivity index (χ1n) is 20.0. The van der Waals surface area contributed by atoms with Crippen molar-refractivity contribution in [3.05, 3.63) is 197 Å². The molecule has 6 aromatic rings. The lowest BCUT2D eigenvalue weighted by molar-refractivity contribution is -0.164. The summed E-state index contributed by atoms with van der Waals surface area (Å²) in [5.74, 6) is 0.711. The standard InChI is InChI=1S/C50H46N2O7S/c1-50(47(52-44(53)30-45(52)60-50)49(55)59-46(38-19-11-5-12-20-38)39-21-13-6-14-22-39)34-51(31-35-23-26-41(56-2)27-24-35)48(54)40-25-28-42(57-32-36-15-7-3-8-16-36)43(29-40)58-33-37-17-9-4-10-18-37/h3-29,45-47H,30-34H2,1-2H3. The number of ether oxygens (including phenoxy) is 4. The molecule has 2 heterocycles. The van der Waals surface area contributed by atoms with Crippen molar-refractivity contribution in [2.24, 2.45) is 0 Å². The highest BCUT2D eigenvalue weighted by atomic mass is 32.2. The molecule has 0 radical (unpaired) electrons. The van der Waals surface area contributed by atoms with E-state index in [0.717, 1.165) is 27.8 Å². The monoisotopic (exact) mass is 818 g/mol. The molecule has 0 aromatic heterocycles. The Kier molecular flexibility index (Phi) is 12.2. The van der Waals surface area contributed by atoms with E-state index in [2.05, 4.69) is 0 Å². The van der Waals surface area contributed by atoms with E-state index in [0.29, 0.717) is 35.8 Å². The molecule has 2 amide bonds. The molecule has 0 spiro atoms. The molecule has 0 aliphatic carbocycles. The van der Waals surface area contributed by atoms with Crippen LogP contribution in [0.4, 0.5) is 0 Å². The lowest BCUT2D eigenvalue weighted by Gasteiger charge is -2.39. The van der Waals surface area contributed by atoms with Gasteiger partial charge in [0.15, 0.2) is 17.6 Å². The Labute approximate surface area is 354 Å². The van der Waals surface area contributed by atoms with Crippen molar-refractivity contribution in [2.75, 3.05) is 13.7 Å². The summed E-state index contributed by atoms with van der Waals surface area (Å²) in [5, 5.41) is -0.219. The van der Waals surface area contributed by atoms with Crippen molar-refractivity contribution in [1.82, 2.24) is 9.80 Å². The molecule has 2 saturated heterocycles. The van der Waals surface area contributed by atoms with E-state index < -0.39 is 22.9 Å². The van der Waals surface area contributed by atoms with Gasteiger partial charge in [-0.2, -0.15) is 0 Å². The van der Waals surface area contributed by atoms with Gasteiger partial charge in [0.2, 0.25) is 5.91 Å². The van der Waals surface area contributed by atoms with Gasteiger partial charge in [-0.15, -0.1) is 11.8 Å². The molecule has 0 N–H and O–H groups in total. The smallest absolute Gasteiger partial charge is 0.331 e. The summed E-state index contributed by atoms with van der Waals surface area (Å²) >= 11 is 1.54. The molecule has 3 atom stereocenters. The van der Waals surface area contributed by atoms with E-state index in [1.807, 2.05) is 153 Å². The van der Waals surface area contributed by atoms with Gasteiger partial charge in [-0.3, -0.25) is 9.59 Å². The van der Waals surface area contributed by atoms with Crippen LogP contribution in [0.15, 0.2) is 164 Å². The molecule has 2 aliphatic heterocycles. The number of hydrogen-bond acceptors (Lipinski definition) is 8. The topological polar surface area (TPSA) is 94.6 Å². The summed E-state index contributed by atoms with van der Waals surface area (Å²) in [4.78, 5) is 46.3. The van der Waals surface area contributed by atoms with Gasteiger partial charge in [0, 0.05) is 18.7 Å². The fourth-order valence-corrected chi connectivity index (χ4v) is 9.56. The maximum absolute atomic E-state index is 15.0. The predicted molar refractivity (Wildman–Crippen MR) is 232 cm³/mol. The van der Waals surface area contributed by atoms with E-state index in [1.165, 1.54) is 0 Å². The van der Waals surface area contributed by atoms with Gasteiger partial charge in [0.1, 0.15) is 25.0 Å². The maximum atomic E-state index is 15.0. The van der Waals surface area contributed by atoms with Crippen molar-refractivity contribution in [3.8, 4) is 17.2 Å². The van der Waals surface area contributed by atoms with Crippen LogP contribution in [0.2, 0.25) is 0 Å². The van der Waals surface area contributed by atoms with E-state index >= 15 is 0 Å². The SMILES string of the molecule is COc1ccc(CN(CC2(C)SC3CC(=O)N3C2C(=O)OC(c2ccccc2)c2ccccc2)C(=O)c2ccc(OCc3ccccc3)c(OCc3ccccc3)c2)cc1. The quantitative estimate of drug-likeness (QED) is 0.0705. The van der Waals surface area contributed by atoms with Crippen LogP contribution in [-0.2, 0) is 34.1 Å². The Morgan fingerprint density at radius 1 is 0.717 bits per heavy atom. The van der Waals surface area contributed by atoms with Gasteiger partial charge in [0.25, 0.3) is 5.91 Å². The fraction of sp³-hybridized carbons (Fsp3) is 0.220. The molecule has 2 fully saturated rings. The molecule has 10 heteroatoms. The minimum Gasteiger partial charge on any atom is -0.497 e. The second-order valence-electron chi connectivity index (χ2n) is 15.2. The zero-order valence-electron chi connectivity index (χ0n) is 33.5. The molecule has 0 saturated carbocycles. The largest absolute Gasteiger partial charge is 0.497 e. The van der Waals surface area contributed by atoms with Crippen LogP contribution in [0.25, 0.3) is 0 Å². The predicted octanol–water partition coefficient (Wildman–Crippen LogP) is 9.26. The van der Waals surface area contributed by atoms with Crippen molar-refractivity contribution in [1.29, 1.82) is 0 Å². The van der Waals surface area contributed by atoms with E-state index in [9.17, 15) is 14.4 Å².